The monoisotopic (exact) mass is 725 g/mol. The van der Waals surface area contributed by atoms with Gasteiger partial charge in [0.15, 0.2) is 17.5 Å². The number of hydrogen-bond acceptors (Lipinski definition) is 4. The molecule has 2 aliphatic carbocycles. The molecule has 4 atom stereocenters. The van der Waals surface area contributed by atoms with Gasteiger partial charge < -0.3 is 4.57 Å². The van der Waals surface area contributed by atoms with Crippen LogP contribution in [-0.2, 0) is 5.41 Å². The second-order valence-corrected chi connectivity index (χ2v) is 16.5. The van der Waals surface area contributed by atoms with Gasteiger partial charge in [-0.25, -0.2) is 15.0 Å². The van der Waals surface area contributed by atoms with Crippen molar-refractivity contribution in [1.29, 1.82) is 5.26 Å². The van der Waals surface area contributed by atoms with Gasteiger partial charge in [0.2, 0.25) is 0 Å². The summed E-state index contributed by atoms with van der Waals surface area (Å²) in [5.41, 5.74) is 10.7. The van der Waals surface area contributed by atoms with E-state index >= 15 is 0 Å². The molecule has 56 heavy (non-hydrogen) atoms. The standard InChI is InChI=1S/C51H43N5/c1-33-26-36-27-34(2)30-51(29-33,31-36)40-21-17-37(18-22-40)42-12-6-7-14-44(42)50-54-48(38-10-4-3-5-11-38)53-49(55-50)39-19-23-41(24-20-39)56-46-15-9-8-13-43(46)45-28-35(32-52)16-25-47(45)56/h3-25,28,33-34,36H,26-27,29-31H2,1-2H3/t33-,34+,36-,51?. The van der Waals surface area contributed by atoms with E-state index in [-0.39, 0.29) is 0 Å². The van der Waals surface area contributed by atoms with E-state index in [9.17, 15) is 5.26 Å². The smallest absolute Gasteiger partial charge is 0.164 e. The first-order valence-corrected chi connectivity index (χ1v) is 20.0. The van der Waals surface area contributed by atoms with Crippen molar-refractivity contribution in [2.24, 2.45) is 17.8 Å². The molecule has 2 aliphatic rings. The molecule has 2 aromatic heterocycles. The Balaban J connectivity index is 1.05. The van der Waals surface area contributed by atoms with E-state index in [2.05, 4.69) is 128 Å². The van der Waals surface area contributed by atoms with Gasteiger partial charge in [0.1, 0.15) is 0 Å². The molecule has 272 valence electrons. The number of aromatic nitrogens is 4. The van der Waals surface area contributed by atoms with Crippen LogP contribution < -0.4 is 0 Å². The molecule has 5 heteroatoms. The van der Waals surface area contributed by atoms with Crippen LogP contribution in [0.2, 0.25) is 0 Å². The molecule has 5 nitrogen and oxygen atoms in total. The molecular formula is C51H43N5. The fourth-order valence-electron chi connectivity index (χ4n) is 10.4. The summed E-state index contributed by atoms with van der Waals surface area (Å²) in [5.74, 6) is 4.32. The van der Waals surface area contributed by atoms with Crippen LogP contribution in [0.1, 0.15) is 57.1 Å². The van der Waals surface area contributed by atoms with Crippen LogP contribution >= 0.6 is 0 Å². The van der Waals surface area contributed by atoms with E-state index in [1.54, 1.807) is 0 Å². The van der Waals surface area contributed by atoms with Crippen LogP contribution in [0.4, 0.5) is 0 Å². The lowest BCUT2D eigenvalue weighted by molar-refractivity contribution is 0.0780. The summed E-state index contributed by atoms with van der Waals surface area (Å²) in [5, 5.41) is 11.8. The lowest BCUT2D eigenvalue weighted by atomic mass is 9.54. The highest BCUT2D eigenvalue weighted by molar-refractivity contribution is 6.09. The minimum atomic E-state index is 0.295. The van der Waals surface area contributed by atoms with Crippen LogP contribution in [0, 0.1) is 29.1 Å². The fraction of sp³-hybridized carbons (Fsp3) is 0.216. The molecule has 6 aromatic carbocycles. The van der Waals surface area contributed by atoms with E-state index in [1.165, 1.54) is 43.2 Å². The van der Waals surface area contributed by atoms with Crippen molar-refractivity contribution >= 4 is 21.8 Å². The quantitative estimate of drug-likeness (QED) is 0.171. The molecule has 2 heterocycles. The van der Waals surface area contributed by atoms with Gasteiger partial charge in [-0.05, 0) is 120 Å². The number of hydrogen-bond donors (Lipinski definition) is 0. The highest BCUT2D eigenvalue weighted by Gasteiger charge is 2.45. The van der Waals surface area contributed by atoms with Gasteiger partial charge >= 0.3 is 0 Å². The Hall–Kier alpha value is -6.38. The first kappa shape index (κ1) is 34.1. The molecule has 0 radical (unpaired) electrons. The minimum Gasteiger partial charge on any atom is -0.309 e. The maximum Gasteiger partial charge on any atom is 0.164 e. The molecule has 0 spiro atoms. The third-order valence-corrected chi connectivity index (χ3v) is 12.5. The van der Waals surface area contributed by atoms with Crippen molar-refractivity contribution in [2.45, 2.75) is 51.4 Å². The van der Waals surface area contributed by atoms with Crippen LogP contribution in [0.25, 0.3) is 72.8 Å². The average Bonchev–Trinajstić information content (AvgIpc) is 3.57. The lowest BCUT2D eigenvalue weighted by Gasteiger charge is -2.50. The SMILES string of the molecule is C[C@@H]1C[C@@H]2C[C@H](C)CC(c3ccc(-c4ccccc4-c4nc(-c5ccccc5)nc(-c5ccc(-n6c7ccccc7c7cc(C#N)ccc76)cc5)n4)cc3)(C1)C2. The van der Waals surface area contributed by atoms with E-state index in [0.29, 0.717) is 28.5 Å². The van der Waals surface area contributed by atoms with Gasteiger partial charge in [-0.3, -0.25) is 0 Å². The van der Waals surface area contributed by atoms with Crippen molar-refractivity contribution in [3.8, 4) is 57.0 Å². The third kappa shape index (κ3) is 5.97. The average molecular weight is 726 g/mol. The molecule has 10 rings (SSSR count). The molecule has 1 unspecified atom stereocenters. The third-order valence-electron chi connectivity index (χ3n) is 12.5. The Morgan fingerprint density at radius 1 is 0.554 bits per heavy atom. The summed E-state index contributed by atoms with van der Waals surface area (Å²) in [6.45, 7) is 4.92. The number of benzene rings is 6. The first-order chi connectivity index (χ1) is 27.4. The molecule has 8 aromatic rings. The second kappa shape index (κ2) is 13.7. The molecule has 0 saturated heterocycles. The predicted octanol–water partition coefficient (Wildman–Crippen LogP) is 12.6. The predicted molar refractivity (Wildman–Crippen MR) is 227 cm³/mol. The van der Waals surface area contributed by atoms with Crippen LogP contribution in [0.3, 0.4) is 0 Å². The van der Waals surface area contributed by atoms with Crippen molar-refractivity contribution in [1.82, 2.24) is 19.5 Å². The Kier molecular flexibility index (Phi) is 8.37. The Morgan fingerprint density at radius 3 is 1.86 bits per heavy atom. The van der Waals surface area contributed by atoms with Gasteiger partial charge in [-0.2, -0.15) is 5.26 Å². The summed E-state index contributed by atoms with van der Waals surface area (Å²) in [6.07, 6.45) is 6.68. The molecular weight excluding hydrogens is 683 g/mol. The molecule has 2 saturated carbocycles. The molecule has 0 amide bonds. The largest absolute Gasteiger partial charge is 0.309 e. The van der Waals surface area contributed by atoms with Gasteiger partial charge in [0.05, 0.1) is 22.7 Å². The second-order valence-electron chi connectivity index (χ2n) is 16.5. The summed E-state index contributed by atoms with van der Waals surface area (Å²) in [7, 11) is 0. The fourth-order valence-corrected chi connectivity index (χ4v) is 10.4. The summed E-state index contributed by atoms with van der Waals surface area (Å²) in [6, 6.07) is 53.2. The number of para-hydroxylation sites is 1. The lowest BCUT2D eigenvalue weighted by Crippen LogP contribution is -2.42. The van der Waals surface area contributed by atoms with E-state index in [0.717, 1.165) is 67.5 Å². The van der Waals surface area contributed by atoms with E-state index in [1.807, 2.05) is 42.5 Å². The topological polar surface area (TPSA) is 67.4 Å². The highest BCUT2D eigenvalue weighted by Crippen LogP contribution is 2.54. The number of rotatable bonds is 6. The van der Waals surface area contributed by atoms with Crippen molar-refractivity contribution < 1.29 is 0 Å². The molecule has 0 aliphatic heterocycles. The normalized spacial score (nSPS) is 20.6. The Bertz CT molecular complexity index is 2760. The first-order valence-electron chi connectivity index (χ1n) is 20.0. The molecule has 0 N–H and O–H groups in total. The molecule has 2 bridgehead atoms. The van der Waals surface area contributed by atoms with Crippen LogP contribution in [0.15, 0.2) is 146 Å². The van der Waals surface area contributed by atoms with Gasteiger partial charge in [0.25, 0.3) is 0 Å². The van der Waals surface area contributed by atoms with Crippen LogP contribution in [-0.4, -0.2) is 19.5 Å². The number of nitrogens with zero attached hydrogens (tertiary/aromatic N) is 5. The Labute approximate surface area is 328 Å². The minimum absolute atomic E-state index is 0.295. The zero-order chi connectivity index (χ0) is 37.8. The van der Waals surface area contributed by atoms with Gasteiger partial charge in [-0.1, -0.05) is 111 Å². The van der Waals surface area contributed by atoms with E-state index < -0.39 is 0 Å². The number of fused-ring (bicyclic) bond motifs is 5. The highest BCUT2D eigenvalue weighted by atomic mass is 15.0. The van der Waals surface area contributed by atoms with Crippen molar-refractivity contribution in [3.05, 3.63) is 157 Å². The molecule has 2 fully saturated rings. The zero-order valence-electron chi connectivity index (χ0n) is 31.9. The van der Waals surface area contributed by atoms with E-state index in [4.69, 9.17) is 15.0 Å². The maximum atomic E-state index is 9.61. The van der Waals surface area contributed by atoms with Crippen molar-refractivity contribution in [2.75, 3.05) is 0 Å². The summed E-state index contributed by atoms with van der Waals surface area (Å²) in [4.78, 5) is 15.4. The zero-order valence-corrected chi connectivity index (χ0v) is 31.9. The summed E-state index contributed by atoms with van der Waals surface area (Å²) < 4.78 is 2.26. The van der Waals surface area contributed by atoms with Crippen LogP contribution in [0.5, 0.6) is 0 Å². The van der Waals surface area contributed by atoms with Gasteiger partial charge in [0, 0.05) is 33.2 Å². The van der Waals surface area contributed by atoms with Gasteiger partial charge in [-0.15, -0.1) is 0 Å². The summed E-state index contributed by atoms with van der Waals surface area (Å²) >= 11 is 0. The Morgan fingerprint density at radius 2 is 1.14 bits per heavy atom. The number of nitriles is 1. The maximum absolute atomic E-state index is 9.61. The van der Waals surface area contributed by atoms with Crippen molar-refractivity contribution in [3.63, 3.8) is 0 Å².